The molecule has 12 heavy (non-hydrogen) atoms. The van der Waals surface area contributed by atoms with Crippen molar-refractivity contribution in [3.05, 3.63) is 35.5 Å². The highest BCUT2D eigenvalue weighted by atomic mass is 14.2. The number of rotatable bonds is 1. The van der Waals surface area contributed by atoms with Crippen LogP contribution < -0.4 is 0 Å². The third-order valence-corrected chi connectivity index (χ3v) is 2.92. The van der Waals surface area contributed by atoms with Gasteiger partial charge in [0.15, 0.2) is 0 Å². The van der Waals surface area contributed by atoms with Gasteiger partial charge in [-0.05, 0) is 42.7 Å². The molecule has 1 atom stereocenters. The molecule has 0 aromatic heterocycles. The first-order chi connectivity index (χ1) is 5.92. The quantitative estimate of drug-likeness (QED) is 0.549. The molecule has 0 radical (unpaired) electrons. The Hall–Kier alpha value is -0.780. The molecule has 2 aliphatic rings. The Bertz CT molecular complexity index is 253. The molecule has 64 valence electrons. The number of hydrogen-bond donors (Lipinski definition) is 0. The van der Waals surface area contributed by atoms with E-state index >= 15 is 0 Å². The van der Waals surface area contributed by atoms with Crippen LogP contribution >= 0.6 is 0 Å². The summed E-state index contributed by atoms with van der Waals surface area (Å²) >= 11 is 0. The molecule has 0 aliphatic heterocycles. The van der Waals surface area contributed by atoms with E-state index in [4.69, 9.17) is 0 Å². The average Bonchev–Trinajstić information content (AvgIpc) is 2.17. The normalized spacial score (nSPS) is 27.6. The molecule has 0 saturated heterocycles. The molecule has 0 heteroatoms. The second kappa shape index (κ2) is 3.30. The first-order valence-electron chi connectivity index (χ1n) is 4.98. The summed E-state index contributed by atoms with van der Waals surface area (Å²) in [6, 6.07) is 0. The monoisotopic (exact) mass is 160 g/mol. The Morgan fingerprint density at radius 3 is 3.08 bits per heavy atom. The molecule has 0 N–H and O–H groups in total. The third-order valence-electron chi connectivity index (χ3n) is 2.92. The molecule has 0 amide bonds. The van der Waals surface area contributed by atoms with Gasteiger partial charge in [0.25, 0.3) is 0 Å². The van der Waals surface area contributed by atoms with Gasteiger partial charge in [-0.25, -0.2) is 0 Å². The molecule has 0 aromatic carbocycles. The highest BCUT2D eigenvalue weighted by Crippen LogP contribution is 2.33. The summed E-state index contributed by atoms with van der Waals surface area (Å²) in [6.07, 6.45) is 14.4. The van der Waals surface area contributed by atoms with Gasteiger partial charge in [-0.15, -0.1) is 0 Å². The van der Waals surface area contributed by atoms with Crippen LogP contribution in [0.3, 0.4) is 0 Å². The minimum atomic E-state index is 0.807. The average molecular weight is 160 g/mol. The van der Waals surface area contributed by atoms with Crippen molar-refractivity contribution >= 4 is 0 Å². The molecule has 0 spiro atoms. The van der Waals surface area contributed by atoms with Gasteiger partial charge >= 0.3 is 0 Å². The lowest BCUT2D eigenvalue weighted by Crippen LogP contribution is -2.08. The summed E-state index contributed by atoms with van der Waals surface area (Å²) in [4.78, 5) is 0. The first-order valence-corrected chi connectivity index (χ1v) is 4.98. The van der Waals surface area contributed by atoms with Gasteiger partial charge in [-0.2, -0.15) is 0 Å². The van der Waals surface area contributed by atoms with Crippen LogP contribution in [-0.2, 0) is 0 Å². The van der Waals surface area contributed by atoms with Crippen LogP contribution in [0, 0.1) is 5.92 Å². The van der Waals surface area contributed by atoms with Gasteiger partial charge in [0.2, 0.25) is 0 Å². The van der Waals surface area contributed by atoms with Crippen molar-refractivity contribution in [2.24, 2.45) is 5.92 Å². The first kappa shape index (κ1) is 7.85. The van der Waals surface area contributed by atoms with Crippen molar-refractivity contribution in [1.29, 1.82) is 0 Å². The zero-order chi connectivity index (χ0) is 8.39. The maximum absolute atomic E-state index is 2.34. The van der Waals surface area contributed by atoms with E-state index in [-0.39, 0.29) is 0 Å². The van der Waals surface area contributed by atoms with Crippen LogP contribution in [-0.4, -0.2) is 0 Å². The topological polar surface area (TPSA) is 0 Å². The van der Waals surface area contributed by atoms with Crippen LogP contribution in [0.5, 0.6) is 0 Å². The summed E-state index contributed by atoms with van der Waals surface area (Å²) in [5, 5.41) is 0. The maximum atomic E-state index is 2.34. The molecule has 2 aliphatic carbocycles. The zero-order valence-corrected chi connectivity index (χ0v) is 7.72. The summed E-state index contributed by atoms with van der Waals surface area (Å²) in [6.45, 7) is 2.29. The molecule has 0 aromatic rings. The standard InChI is InChI=1S/C12H16/c1-2-10-7-5-8-11-6-3-4-9-12(10)11/h4-5,8-10H,2-3,6-7H2,1H3. The smallest absolute Gasteiger partial charge is 0.0127 e. The number of allylic oxidation sites excluding steroid dienone is 6. The van der Waals surface area contributed by atoms with Gasteiger partial charge in [0.1, 0.15) is 0 Å². The molecule has 0 fully saturated rings. The zero-order valence-electron chi connectivity index (χ0n) is 7.72. The van der Waals surface area contributed by atoms with Crippen molar-refractivity contribution in [2.75, 3.05) is 0 Å². The van der Waals surface area contributed by atoms with E-state index in [2.05, 4.69) is 31.2 Å². The second-order valence-corrected chi connectivity index (χ2v) is 3.66. The Morgan fingerprint density at radius 2 is 2.25 bits per heavy atom. The number of hydrogen-bond acceptors (Lipinski definition) is 0. The van der Waals surface area contributed by atoms with E-state index in [0.29, 0.717) is 0 Å². The Labute approximate surface area is 74.7 Å². The highest BCUT2D eigenvalue weighted by molar-refractivity contribution is 5.40. The Morgan fingerprint density at radius 1 is 1.33 bits per heavy atom. The lowest BCUT2D eigenvalue weighted by molar-refractivity contribution is 0.594. The van der Waals surface area contributed by atoms with E-state index in [0.717, 1.165) is 5.92 Å². The summed E-state index contributed by atoms with van der Waals surface area (Å²) < 4.78 is 0. The van der Waals surface area contributed by atoms with Crippen LogP contribution in [0.1, 0.15) is 32.6 Å². The van der Waals surface area contributed by atoms with Crippen molar-refractivity contribution < 1.29 is 0 Å². The van der Waals surface area contributed by atoms with Crippen molar-refractivity contribution in [1.82, 2.24) is 0 Å². The summed E-state index contributed by atoms with van der Waals surface area (Å²) in [7, 11) is 0. The molecule has 0 heterocycles. The highest BCUT2D eigenvalue weighted by Gasteiger charge is 2.17. The SMILES string of the molecule is CCC1CC=CC2=C1C=CCC2. The van der Waals surface area contributed by atoms with Crippen molar-refractivity contribution in [3.63, 3.8) is 0 Å². The van der Waals surface area contributed by atoms with Crippen LogP contribution in [0.25, 0.3) is 0 Å². The fourth-order valence-electron chi connectivity index (χ4n) is 2.17. The molecule has 0 saturated carbocycles. The van der Waals surface area contributed by atoms with E-state index in [9.17, 15) is 0 Å². The van der Waals surface area contributed by atoms with Crippen molar-refractivity contribution in [3.8, 4) is 0 Å². The summed E-state index contributed by atoms with van der Waals surface area (Å²) in [5.74, 6) is 0.807. The fourth-order valence-corrected chi connectivity index (χ4v) is 2.17. The molecule has 1 unspecified atom stereocenters. The summed E-state index contributed by atoms with van der Waals surface area (Å²) in [5.41, 5.74) is 3.21. The van der Waals surface area contributed by atoms with Crippen LogP contribution in [0.15, 0.2) is 35.5 Å². The van der Waals surface area contributed by atoms with Gasteiger partial charge in [0.05, 0.1) is 0 Å². The minimum Gasteiger partial charge on any atom is -0.0839 e. The van der Waals surface area contributed by atoms with E-state index in [1.807, 2.05) is 0 Å². The second-order valence-electron chi connectivity index (χ2n) is 3.66. The predicted octanol–water partition coefficient (Wildman–Crippen LogP) is 3.62. The lowest BCUT2D eigenvalue weighted by Gasteiger charge is -2.24. The van der Waals surface area contributed by atoms with E-state index in [1.165, 1.54) is 25.7 Å². The molecule has 0 bridgehead atoms. The molecule has 0 nitrogen and oxygen atoms in total. The molecule has 2 rings (SSSR count). The minimum absolute atomic E-state index is 0.807. The Balaban J connectivity index is 2.30. The van der Waals surface area contributed by atoms with Crippen LogP contribution in [0.4, 0.5) is 0 Å². The van der Waals surface area contributed by atoms with Crippen LogP contribution in [0.2, 0.25) is 0 Å². The van der Waals surface area contributed by atoms with Gasteiger partial charge in [-0.3, -0.25) is 0 Å². The fraction of sp³-hybridized carbons (Fsp3) is 0.500. The largest absolute Gasteiger partial charge is 0.0839 e. The van der Waals surface area contributed by atoms with Gasteiger partial charge in [-0.1, -0.05) is 31.2 Å². The maximum Gasteiger partial charge on any atom is -0.0127 e. The Kier molecular flexibility index (Phi) is 2.16. The third kappa shape index (κ3) is 1.26. The van der Waals surface area contributed by atoms with E-state index < -0.39 is 0 Å². The molecular formula is C12H16. The van der Waals surface area contributed by atoms with E-state index in [1.54, 1.807) is 11.1 Å². The van der Waals surface area contributed by atoms with Crippen molar-refractivity contribution in [2.45, 2.75) is 32.6 Å². The van der Waals surface area contributed by atoms with Gasteiger partial charge in [0, 0.05) is 0 Å². The van der Waals surface area contributed by atoms with Gasteiger partial charge < -0.3 is 0 Å². The predicted molar refractivity (Wildman–Crippen MR) is 52.9 cm³/mol. The lowest BCUT2D eigenvalue weighted by atomic mass is 9.81. The molecular weight excluding hydrogens is 144 g/mol.